The molecule has 0 spiro atoms. The number of methoxy groups -OCH3 is 1. The van der Waals surface area contributed by atoms with Crippen LogP contribution in [0.3, 0.4) is 0 Å². The van der Waals surface area contributed by atoms with Crippen LogP contribution < -0.4 is 0 Å². The number of hydrogen-bond acceptors (Lipinski definition) is 5. The molecule has 0 saturated carbocycles. The molecule has 0 atom stereocenters. The Kier molecular flexibility index (Phi) is 6.13. The van der Waals surface area contributed by atoms with Crippen LogP contribution >= 0.6 is 23.4 Å². The number of aryl methyl sites for hydroxylation is 1. The Morgan fingerprint density at radius 2 is 1.79 bits per heavy atom. The number of fused-ring (bicyclic) bond motifs is 1. The second-order valence-corrected chi connectivity index (χ2v) is 7.94. The van der Waals surface area contributed by atoms with Crippen LogP contribution in [-0.4, -0.2) is 33.5 Å². The van der Waals surface area contributed by atoms with E-state index in [2.05, 4.69) is 14.8 Å². The molecule has 5 nitrogen and oxygen atoms in total. The minimum atomic E-state index is 0.583. The number of para-hydroxylation sites is 1. The van der Waals surface area contributed by atoms with Gasteiger partial charge in [-0.2, -0.15) is 0 Å². The number of hydrogen-bond donors (Lipinski definition) is 0. The second kappa shape index (κ2) is 8.95. The molecule has 2 aromatic carbocycles. The predicted molar refractivity (Wildman–Crippen MR) is 118 cm³/mol. The van der Waals surface area contributed by atoms with E-state index in [1.165, 1.54) is 0 Å². The molecule has 0 aliphatic rings. The first-order chi connectivity index (χ1) is 14.2. The maximum absolute atomic E-state index is 6.62. The summed E-state index contributed by atoms with van der Waals surface area (Å²) in [5.41, 5.74) is 3.89. The molecule has 0 saturated heterocycles. The van der Waals surface area contributed by atoms with Gasteiger partial charge in [0.25, 0.3) is 0 Å². The third-order valence-electron chi connectivity index (χ3n) is 4.75. The molecule has 0 aliphatic heterocycles. The van der Waals surface area contributed by atoms with Crippen LogP contribution in [-0.2, 0) is 17.0 Å². The minimum absolute atomic E-state index is 0.583. The molecule has 0 amide bonds. The number of benzene rings is 2. The zero-order chi connectivity index (χ0) is 20.2. The number of pyridine rings is 1. The van der Waals surface area contributed by atoms with E-state index >= 15 is 0 Å². The number of rotatable bonds is 7. The summed E-state index contributed by atoms with van der Waals surface area (Å²) in [6.45, 7) is 3.29. The van der Waals surface area contributed by atoms with Crippen LogP contribution in [0.5, 0.6) is 0 Å². The maximum atomic E-state index is 6.62. The van der Waals surface area contributed by atoms with Crippen molar-refractivity contribution >= 4 is 34.3 Å². The number of aromatic nitrogens is 4. The molecule has 2 heterocycles. The largest absolute Gasteiger partial charge is 0.383 e. The molecule has 0 unspecified atom stereocenters. The van der Waals surface area contributed by atoms with E-state index in [1.54, 1.807) is 18.9 Å². The molecule has 148 valence electrons. The lowest BCUT2D eigenvalue weighted by Crippen LogP contribution is -2.07. The molecule has 2 aromatic heterocycles. The summed E-state index contributed by atoms with van der Waals surface area (Å²) in [7, 11) is 1.70. The molecule has 7 heteroatoms. The van der Waals surface area contributed by atoms with Crippen LogP contribution in [0.25, 0.3) is 22.3 Å². The lowest BCUT2D eigenvalue weighted by Gasteiger charge is -2.11. The Bertz CT molecular complexity index is 1130. The fourth-order valence-electron chi connectivity index (χ4n) is 3.23. The highest BCUT2D eigenvalue weighted by Crippen LogP contribution is 2.32. The van der Waals surface area contributed by atoms with Crippen molar-refractivity contribution in [2.75, 3.05) is 13.7 Å². The van der Waals surface area contributed by atoms with Crippen LogP contribution in [0.2, 0.25) is 5.02 Å². The van der Waals surface area contributed by atoms with Crippen LogP contribution in [0.4, 0.5) is 0 Å². The molecule has 0 radical (unpaired) electrons. The van der Waals surface area contributed by atoms with Gasteiger partial charge in [-0.1, -0.05) is 71.9 Å². The summed E-state index contributed by atoms with van der Waals surface area (Å²) in [6.07, 6.45) is 0. The smallest absolute Gasteiger partial charge is 0.191 e. The van der Waals surface area contributed by atoms with Gasteiger partial charge >= 0.3 is 0 Å². The zero-order valence-corrected chi connectivity index (χ0v) is 17.9. The highest BCUT2D eigenvalue weighted by atomic mass is 35.5. The lowest BCUT2D eigenvalue weighted by atomic mass is 10.1. The molecule has 29 heavy (non-hydrogen) atoms. The van der Waals surface area contributed by atoms with Crippen LogP contribution in [0.15, 0.2) is 59.8 Å². The summed E-state index contributed by atoms with van der Waals surface area (Å²) >= 11 is 8.21. The van der Waals surface area contributed by atoms with Crippen molar-refractivity contribution in [3.63, 3.8) is 0 Å². The van der Waals surface area contributed by atoms with Crippen molar-refractivity contribution in [1.29, 1.82) is 0 Å². The van der Waals surface area contributed by atoms with Gasteiger partial charge in [-0.05, 0) is 18.6 Å². The van der Waals surface area contributed by atoms with Crippen molar-refractivity contribution in [2.24, 2.45) is 0 Å². The van der Waals surface area contributed by atoms with Crippen LogP contribution in [0.1, 0.15) is 11.3 Å². The number of ether oxygens (including phenoxy) is 1. The van der Waals surface area contributed by atoms with Gasteiger partial charge in [0.05, 0.1) is 29.4 Å². The van der Waals surface area contributed by atoms with E-state index in [9.17, 15) is 0 Å². The van der Waals surface area contributed by atoms with Crippen molar-refractivity contribution in [3.8, 4) is 11.4 Å². The second-order valence-electron chi connectivity index (χ2n) is 6.62. The Balaban J connectivity index is 1.64. The van der Waals surface area contributed by atoms with Crippen molar-refractivity contribution in [2.45, 2.75) is 24.4 Å². The average molecular weight is 425 g/mol. The van der Waals surface area contributed by atoms with E-state index in [4.69, 9.17) is 21.3 Å². The quantitative estimate of drug-likeness (QED) is 0.372. The first-order valence-corrected chi connectivity index (χ1v) is 10.7. The molecule has 0 fully saturated rings. The standard InChI is InChI=1S/C22H21ClN4OS/c1-15-17-10-6-7-11-18(17)24-19(20(15)23)14-29-22-26-25-21(27(22)12-13-28-2)16-8-4-3-5-9-16/h3-11H,12-14H2,1-2H3. The van der Waals surface area contributed by atoms with Gasteiger partial charge in [-0.25, -0.2) is 0 Å². The highest BCUT2D eigenvalue weighted by molar-refractivity contribution is 7.98. The monoisotopic (exact) mass is 424 g/mol. The molecule has 0 aliphatic carbocycles. The van der Waals surface area contributed by atoms with Gasteiger partial charge in [-0.15, -0.1) is 10.2 Å². The van der Waals surface area contributed by atoms with E-state index in [1.807, 2.05) is 61.5 Å². The van der Waals surface area contributed by atoms with E-state index in [0.717, 1.165) is 38.7 Å². The molecule has 4 rings (SSSR count). The van der Waals surface area contributed by atoms with Crippen molar-refractivity contribution < 1.29 is 4.74 Å². The van der Waals surface area contributed by atoms with Gasteiger partial charge in [0, 0.05) is 23.8 Å². The fourth-order valence-corrected chi connectivity index (χ4v) is 4.42. The predicted octanol–water partition coefficient (Wildman–Crippen LogP) is 5.39. The third-order valence-corrected chi connectivity index (χ3v) is 6.23. The van der Waals surface area contributed by atoms with Gasteiger partial charge in [-0.3, -0.25) is 9.55 Å². The van der Waals surface area contributed by atoms with Gasteiger partial charge in [0.15, 0.2) is 11.0 Å². The average Bonchev–Trinajstić information content (AvgIpc) is 3.17. The summed E-state index contributed by atoms with van der Waals surface area (Å²) in [5.74, 6) is 1.45. The van der Waals surface area contributed by atoms with E-state index in [0.29, 0.717) is 23.9 Å². The van der Waals surface area contributed by atoms with E-state index < -0.39 is 0 Å². The minimum Gasteiger partial charge on any atom is -0.383 e. The normalized spacial score (nSPS) is 11.3. The lowest BCUT2D eigenvalue weighted by molar-refractivity contribution is 0.185. The van der Waals surface area contributed by atoms with Gasteiger partial charge in [0.2, 0.25) is 0 Å². The van der Waals surface area contributed by atoms with Gasteiger partial charge in [0.1, 0.15) is 0 Å². The summed E-state index contributed by atoms with van der Waals surface area (Å²) in [5, 5.41) is 11.5. The zero-order valence-electron chi connectivity index (χ0n) is 16.3. The molecule has 4 aromatic rings. The Labute approximate surface area is 179 Å². The fraction of sp³-hybridized carbons (Fsp3) is 0.227. The Hall–Kier alpha value is -2.41. The van der Waals surface area contributed by atoms with Crippen LogP contribution in [0, 0.1) is 6.92 Å². The maximum Gasteiger partial charge on any atom is 0.191 e. The first kappa shape index (κ1) is 19.9. The highest BCUT2D eigenvalue weighted by Gasteiger charge is 2.16. The third kappa shape index (κ3) is 4.15. The first-order valence-electron chi connectivity index (χ1n) is 9.33. The molecule has 0 bridgehead atoms. The van der Waals surface area contributed by atoms with Crippen molar-refractivity contribution in [3.05, 3.63) is 70.9 Å². The molecular formula is C22H21ClN4OS. The Morgan fingerprint density at radius 3 is 2.59 bits per heavy atom. The SMILES string of the molecule is COCCn1c(SCc2nc3ccccc3c(C)c2Cl)nnc1-c1ccccc1. The summed E-state index contributed by atoms with van der Waals surface area (Å²) in [4.78, 5) is 4.77. The molecular weight excluding hydrogens is 404 g/mol. The molecule has 0 N–H and O–H groups in total. The summed E-state index contributed by atoms with van der Waals surface area (Å²) < 4.78 is 7.38. The topological polar surface area (TPSA) is 52.8 Å². The van der Waals surface area contributed by atoms with Crippen molar-refractivity contribution in [1.82, 2.24) is 19.7 Å². The van der Waals surface area contributed by atoms with Gasteiger partial charge < -0.3 is 4.74 Å². The Morgan fingerprint density at radius 1 is 1.03 bits per heavy atom. The summed E-state index contributed by atoms with van der Waals surface area (Å²) in [6, 6.07) is 18.1. The number of halogens is 1. The number of thioether (sulfide) groups is 1. The number of nitrogens with zero attached hydrogens (tertiary/aromatic N) is 4. The van der Waals surface area contributed by atoms with E-state index in [-0.39, 0.29) is 0 Å².